The topological polar surface area (TPSA) is 76.6 Å². The molecule has 0 aromatic carbocycles. The zero-order valence-corrected chi connectivity index (χ0v) is 12.2. The van der Waals surface area contributed by atoms with Crippen molar-refractivity contribution < 1.29 is 14.1 Å². The zero-order valence-electron chi connectivity index (χ0n) is 9.83. The van der Waals surface area contributed by atoms with Crippen LogP contribution in [0.5, 0.6) is 0 Å². The number of hydrogen-bond donors (Lipinski definition) is 0. The molecule has 1 amide bonds. The lowest BCUT2D eigenvalue weighted by molar-refractivity contribution is -0.402. The Morgan fingerprint density at radius 2 is 2.32 bits per heavy atom. The molecule has 8 heteroatoms. The van der Waals surface area contributed by atoms with E-state index < -0.39 is 16.7 Å². The van der Waals surface area contributed by atoms with Crippen LogP contribution in [0, 0.1) is 10.1 Å². The van der Waals surface area contributed by atoms with E-state index in [0.717, 1.165) is 9.35 Å². The number of thiophene rings is 1. The summed E-state index contributed by atoms with van der Waals surface area (Å²) in [7, 11) is 1.62. The lowest BCUT2D eigenvalue weighted by Gasteiger charge is -2.13. The highest BCUT2D eigenvalue weighted by Gasteiger charge is 2.20. The van der Waals surface area contributed by atoms with Crippen molar-refractivity contribution >= 4 is 39.1 Å². The summed E-state index contributed by atoms with van der Waals surface area (Å²) in [6.07, 6.45) is 0. The largest absolute Gasteiger partial charge is 0.433 e. The molecule has 0 aliphatic heterocycles. The van der Waals surface area contributed by atoms with Crippen LogP contribution in [0.1, 0.15) is 15.4 Å². The summed E-state index contributed by atoms with van der Waals surface area (Å²) in [5, 5.41) is 12.4. The van der Waals surface area contributed by atoms with Crippen LogP contribution in [0.25, 0.3) is 0 Å². The van der Waals surface area contributed by atoms with E-state index in [4.69, 9.17) is 4.42 Å². The molecule has 0 N–H and O–H groups in total. The average molecular weight is 345 g/mol. The van der Waals surface area contributed by atoms with Crippen LogP contribution < -0.4 is 0 Å². The van der Waals surface area contributed by atoms with Crippen molar-refractivity contribution in [3.8, 4) is 0 Å². The number of nitrogens with zero attached hydrogens (tertiary/aromatic N) is 2. The molecule has 2 aromatic rings. The summed E-state index contributed by atoms with van der Waals surface area (Å²) in [6.45, 7) is 0.420. The van der Waals surface area contributed by atoms with Crippen LogP contribution in [0.3, 0.4) is 0 Å². The van der Waals surface area contributed by atoms with E-state index >= 15 is 0 Å². The number of carbonyl (C=O) groups excluding carboxylic acids is 1. The number of halogens is 1. The molecule has 2 aromatic heterocycles. The molecule has 0 saturated heterocycles. The van der Waals surface area contributed by atoms with Crippen LogP contribution in [-0.2, 0) is 6.54 Å². The van der Waals surface area contributed by atoms with Crippen molar-refractivity contribution in [2.45, 2.75) is 6.54 Å². The maximum absolute atomic E-state index is 12.0. The van der Waals surface area contributed by atoms with Gasteiger partial charge in [0.25, 0.3) is 5.91 Å². The number of carbonyl (C=O) groups is 1. The van der Waals surface area contributed by atoms with Gasteiger partial charge in [-0.1, -0.05) is 0 Å². The SMILES string of the molecule is CN(Cc1cc(Br)cs1)C(=O)c1ccc([N+](=O)[O-])o1. The van der Waals surface area contributed by atoms with Gasteiger partial charge >= 0.3 is 5.88 Å². The van der Waals surface area contributed by atoms with E-state index in [1.54, 1.807) is 7.05 Å². The first-order chi connectivity index (χ1) is 8.97. The van der Waals surface area contributed by atoms with Crippen LogP contribution in [0.15, 0.2) is 32.5 Å². The fraction of sp³-hybridized carbons (Fsp3) is 0.182. The Hall–Kier alpha value is -1.67. The third-order valence-electron chi connectivity index (χ3n) is 2.34. The van der Waals surface area contributed by atoms with Crippen molar-refractivity contribution in [2.75, 3.05) is 7.05 Å². The van der Waals surface area contributed by atoms with E-state index in [-0.39, 0.29) is 5.76 Å². The third-order valence-corrected chi connectivity index (χ3v) is 4.03. The molecule has 2 rings (SSSR count). The van der Waals surface area contributed by atoms with Crippen LogP contribution in [-0.4, -0.2) is 22.8 Å². The molecule has 0 atom stereocenters. The highest BCUT2D eigenvalue weighted by atomic mass is 79.9. The Morgan fingerprint density at radius 1 is 1.58 bits per heavy atom. The minimum Gasteiger partial charge on any atom is -0.395 e. The third kappa shape index (κ3) is 3.21. The van der Waals surface area contributed by atoms with E-state index in [0.29, 0.717) is 6.54 Å². The standard InChI is InChI=1S/C11H9BrN2O4S/c1-13(5-8-4-7(12)6-19-8)11(15)9-2-3-10(18-9)14(16)17/h2-4,6H,5H2,1H3. The van der Waals surface area contributed by atoms with Gasteiger partial charge in [0.05, 0.1) is 12.6 Å². The molecule has 0 bridgehead atoms. The van der Waals surface area contributed by atoms with Gasteiger partial charge in [0.1, 0.15) is 4.92 Å². The van der Waals surface area contributed by atoms with E-state index in [2.05, 4.69) is 15.9 Å². The molecule has 0 radical (unpaired) electrons. The maximum atomic E-state index is 12.0. The lowest BCUT2D eigenvalue weighted by atomic mass is 10.3. The first kappa shape index (κ1) is 13.8. The first-order valence-corrected chi connectivity index (χ1v) is 6.87. The van der Waals surface area contributed by atoms with Gasteiger partial charge in [0, 0.05) is 21.8 Å². The molecule has 100 valence electrons. The second kappa shape index (κ2) is 5.54. The molecule has 2 heterocycles. The summed E-state index contributed by atoms with van der Waals surface area (Å²) < 4.78 is 5.83. The highest BCUT2D eigenvalue weighted by molar-refractivity contribution is 9.10. The van der Waals surface area contributed by atoms with Crippen LogP contribution in [0.2, 0.25) is 0 Å². The molecular weight excluding hydrogens is 336 g/mol. The summed E-state index contributed by atoms with van der Waals surface area (Å²) in [5.74, 6) is -0.863. The van der Waals surface area contributed by atoms with E-state index in [1.165, 1.54) is 28.4 Å². The molecule has 0 aliphatic carbocycles. The first-order valence-electron chi connectivity index (χ1n) is 5.20. The molecule has 19 heavy (non-hydrogen) atoms. The molecule has 0 fully saturated rings. The van der Waals surface area contributed by atoms with Gasteiger partial charge in [-0.05, 0) is 28.1 Å². The van der Waals surface area contributed by atoms with Gasteiger partial charge < -0.3 is 9.32 Å². The Morgan fingerprint density at radius 3 is 2.84 bits per heavy atom. The lowest BCUT2D eigenvalue weighted by Crippen LogP contribution is -2.25. The molecule has 0 unspecified atom stereocenters. The normalized spacial score (nSPS) is 10.4. The molecule has 0 saturated carbocycles. The van der Waals surface area contributed by atoms with Crippen LogP contribution in [0.4, 0.5) is 5.88 Å². The molecule has 0 aliphatic rings. The fourth-order valence-electron chi connectivity index (χ4n) is 1.47. The van der Waals surface area contributed by atoms with Crippen LogP contribution >= 0.6 is 27.3 Å². The van der Waals surface area contributed by atoms with E-state index in [1.807, 2.05) is 11.4 Å². The summed E-state index contributed by atoms with van der Waals surface area (Å²) in [4.78, 5) is 24.3. The minimum atomic E-state index is -0.673. The quantitative estimate of drug-likeness (QED) is 0.629. The summed E-state index contributed by atoms with van der Waals surface area (Å²) >= 11 is 4.86. The predicted octanol–water partition coefficient (Wildman–Crippen LogP) is 3.28. The maximum Gasteiger partial charge on any atom is 0.433 e. The van der Waals surface area contributed by atoms with Gasteiger partial charge in [0.2, 0.25) is 0 Å². The smallest absolute Gasteiger partial charge is 0.395 e. The minimum absolute atomic E-state index is 0.0372. The summed E-state index contributed by atoms with van der Waals surface area (Å²) in [5.41, 5.74) is 0. The van der Waals surface area contributed by atoms with E-state index in [9.17, 15) is 14.9 Å². The molecule has 0 spiro atoms. The van der Waals surface area contributed by atoms with Gasteiger partial charge in [0.15, 0.2) is 5.76 Å². The van der Waals surface area contributed by atoms with Gasteiger partial charge in [-0.2, -0.15) is 0 Å². The van der Waals surface area contributed by atoms with Crippen molar-refractivity contribution in [2.24, 2.45) is 0 Å². The second-order valence-corrected chi connectivity index (χ2v) is 5.70. The van der Waals surface area contributed by atoms with Crippen molar-refractivity contribution in [1.29, 1.82) is 0 Å². The Balaban J connectivity index is 2.07. The average Bonchev–Trinajstić information content (AvgIpc) is 2.97. The Bertz CT molecular complexity index is 622. The summed E-state index contributed by atoms with van der Waals surface area (Å²) in [6, 6.07) is 4.39. The monoisotopic (exact) mass is 344 g/mol. The molecular formula is C11H9BrN2O4S. The fourth-order valence-corrected chi connectivity index (χ4v) is 2.97. The van der Waals surface area contributed by atoms with Gasteiger partial charge in [-0.25, -0.2) is 0 Å². The second-order valence-electron chi connectivity index (χ2n) is 3.79. The zero-order chi connectivity index (χ0) is 14.0. The number of hydrogen-bond acceptors (Lipinski definition) is 5. The number of rotatable bonds is 4. The Labute approximate surface area is 120 Å². The van der Waals surface area contributed by atoms with Crippen molar-refractivity contribution in [3.63, 3.8) is 0 Å². The number of amides is 1. The Kier molecular flexibility index (Phi) is 4.01. The van der Waals surface area contributed by atoms with Gasteiger partial charge in [-0.15, -0.1) is 11.3 Å². The van der Waals surface area contributed by atoms with Crippen molar-refractivity contribution in [1.82, 2.24) is 4.90 Å². The number of furan rings is 1. The number of nitro groups is 1. The van der Waals surface area contributed by atoms with Crippen molar-refractivity contribution in [3.05, 3.63) is 48.8 Å². The molecule has 6 nitrogen and oxygen atoms in total. The van der Waals surface area contributed by atoms with Gasteiger partial charge in [-0.3, -0.25) is 14.9 Å². The predicted molar refractivity (Wildman–Crippen MR) is 73.2 cm³/mol. The highest BCUT2D eigenvalue weighted by Crippen LogP contribution is 2.22.